The fraction of sp³-hybridized carbons (Fsp3) is 0.720. The van der Waals surface area contributed by atoms with Gasteiger partial charge < -0.3 is 19.5 Å². The molecule has 0 saturated heterocycles. The highest BCUT2D eigenvalue weighted by atomic mass is 16.5. The van der Waals surface area contributed by atoms with Crippen molar-refractivity contribution in [2.75, 3.05) is 5.32 Å². The van der Waals surface area contributed by atoms with E-state index in [1.807, 2.05) is 0 Å². The van der Waals surface area contributed by atoms with Crippen LogP contribution in [0.15, 0.2) is 9.32 Å². The lowest BCUT2D eigenvalue weighted by atomic mass is 9.79. The van der Waals surface area contributed by atoms with E-state index in [1.54, 1.807) is 0 Å². The molecule has 10 nitrogen and oxygen atoms in total. The van der Waals surface area contributed by atoms with Gasteiger partial charge in [0.15, 0.2) is 11.5 Å². The van der Waals surface area contributed by atoms with E-state index in [0.29, 0.717) is 42.0 Å². The van der Waals surface area contributed by atoms with Gasteiger partial charge in [0.25, 0.3) is 0 Å². The maximum Gasteiger partial charge on any atom is 0.460 e. The summed E-state index contributed by atoms with van der Waals surface area (Å²) in [6.07, 6.45) is 10.9. The fourth-order valence-corrected chi connectivity index (χ4v) is 5.88. The third kappa shape index (κ3) is 4.15. The van der Waals surface area contributed by atoms with Crippen molar-refractivity contribution in [3.8, 4) is 11.6 Å². The highest BCUT2D eigenvalue weighted by molar-refractivity contribution is 5.86. The third-order valence-corrected chi connectivity index (χ3v) is 8.65. The molecule has 3 aromatic rings. The van der Waals surface area contributed by atoms with Crippen LogP contribution in [-0.4, -0.2) is 40.8 Å². The molecule has 0 aromatic carbocycles. The summed E-state index contributed by atoms with van der Waals surface area (Å²) in [4.78, 5) is 29.8. The highest BCUT2D eigenvalue weighted by Crippen LogP contribution is 2.43. The van der Waals surface area contributed by atoms with Crippen LogP contribution in [0.4, 0.5) is 5.82 Å². The summed E-state index contributed by atoms with van der Waals surface area (Å²) >= 11 is 0. The third-order valence-electron chi connectivity index (χ3n) is 8.65. The Kier molecular flexibility index (Phi) is 5.66. The van der Waals surface area contributed by atoms with Crippen LogP contribution >= 0.6 is 0 Å². The molecule has 35 heavy (non-hydrogen) atoms. The van der Waals surface area contributed by atoms with Crippen molar-refractivity contribution in [3.63, 3.8) is 0 Å². The van der Waals surface area contributed by atoms with Crippen LogP contribution in [0.5, 0.6) is 0 Å². The molecule has 3 aliphatic rings. The van der Waals surface area contributed by atoms with Crippen molar-refractivity contribution >= 4 is 17.0 Å². The number of rotatable bonds is 7. The summed E-state index contributed by atoms with van der Waals surface area (Å²) in [5.74, 6) is 3.00. The van der Waals surface area contributed by atoms with Crippen LogP contribution in [0.1, 0.15) is 83.9 Å². The second-order valence-corrected chi connectivity index (χ2v) is 11.2. The second-order valence-electron chi connectivity index (χ2n) is 11.2. The molecular weight excluding hydrogens is 446 g/mol. The smallest absolute Gasteiger partial charge is 0.382 e. The molecule has 0 unspecified atom stereocenters. The molecule has 0 spiro atoms. The van der Waals surface area contributed by atoms with E-state index in [9.17, 15) is 9.90 Å². The molecule has 0 radical (unpaired) electrons. The second kappa shape index (κ2) is 8.72. The molecule has 3 aliphatic carbocycles. The number of aromatic amines is 1. The van der Waals surface area contributed by atoms with E-state index in [2.05, 4.69) is 38.9 Å². The molecule has 3 saturated carbocycles. The first-order valence-electron chi connectivity index (χ1n) is 13.2. The molecular formula is C25H35N7O3. The normalized spacial score (nSPS) is 25.2. The summed E-state index contributed by atoms with van der Waals surface area (Å²) in [7, 11) is 0. The van der Waals surface area contributed by atoms with Gasteiger partial charge in [-0.25, -0.2) is 19.7 Å². The minimum absolute atomic E-state index is 0.177. The Morgan fingerprint density at radius 2 is 1.89 bits per heavy atom. The van der Waals surface area contributed by atoms with Gasteiger partial charge in [-0.1, -0.05) is 26.2 Å². The van der Waals surface area contributed by atoms with Gasteiger partial charge >= 0.3 is 5.76 Å². The number of hydrogen-bond acceptors (Lipinski definition) is 8. The van der Waals surface area contributed by atoms with Crippen LogP contribution in [0.2, 0.25) is 0 Å². The van der Waals surface area contributed by atoms with E-state index in [0.717, 1.165) is 24.4 Å². The molecule has 1 atom stereocenters. The number of H-pyrrole nitrogens is 1. The maximum absolute atomic E-state index is 11.6. The molecule has 3 heterocycles. The molecule has 0 bridgehead atoms. The van der Waals surface area contributed by atoms with Gasteiger partial charge in [0, 0.05) is 12.6 Å². The Hall–Kier alpha value is -2.75. The van der Waals surface area contributed by atoms with E-state index in [4.69, 9.17) is 14.5 Å². The molecule has 188 valence electrons. The summed E-state index contributed by atoms with van der Waals surface area (Å²) in [6.45, 7) is 5.33. The van der Waals surface area contributed by atoms with Gasteiger partial charge in [-0.2, -0.15) is 5.16 Å². The number of fused-ring (bicyclic) bond motifs is 1. The average molecular weight is 482 g/mol. The van der Waals surface area contributed by atoms with Crippen molar-refractivity contribution in [1.82, 2.24) is 29.7 Å². The average Bonchev–Trinajstić information content (AvgIpc) is 3.36. The number of nitrogens with zero attached hydrogens (tertiary/aromatic N) is 5. The maximum atomic E-state index is 11.6. The number of nitrogens with one attached hydrogen (secondary N) is 2. The standard InChI is InChI=1S/C25H35N7O3/c1-14-7-9-16(10-8-14)13-32-18-19(26-15(2)17-5-3-6-17)27-21(22-30-24(33)35-31-22)28-20(18)29-23(32)25(34)11-4-12-25/h14-17,34H,3-13H2,1-2H3,(H,26,27,28)(H,30,31,33)/t14?,15-,16?/m1/s1. The van der Waals surface area contributed by atoms with Crippen molar-refractivity contribution < 1.29 is 9.63 Å². The zero-order valence-corrected chi connectivity index (χ0v) is 20.6. The molecule has 6 rings (SSSR count). The molecule has 3 aromatic heterocycles. The fourth-order valence-electron chi connectivity index (χ4n) is 5.88. The van der Waals surface area contributed by atoms with E-state index >= 15 is 0 Å². The van der Waals surface area contributed by atoms with Crippen molar-refractivity contribution in [2.24, 2.45) is 17.8 Å². The summed E-state index contributed by atoms with van der Waals surface area (Å²) in [5.41, 5.74) is 0.420. The Morgan fingerprint density at radius 1 is 1.11 bits per heavy atom. The highest BCUT2D eigenvalue weighted by Gasteiger charge is 2.42. The summed E-state index contributed by atoms with van der Waals surface area (Å²) in [5, 5.41) is 17.6. The lowest BCUT2D eigenvalue weighted by Gasteiger charge is -2.37. The first-order chi connectivity index (χ1) is 16.9. The first-order valence-corrected chi connectivity index (χ1v) is 13.2. The van der Waals surface area contributed by atoms with Crippen LogP contribution < -0.4 is 11.1 Å². The van der Waals surface area contributed by atoms with Crippen LogP contribution in [0.3, 0.4) is 0 Å². The predicted molar refractivity (Wildman–Crippen MR) is 131 cm³/mol. The monoisotopic (exact) mass is 481 g/mol. The Balaban J connectivity index is 1.48. The largest absolute Gasteiger partial charge is 0.460 e. The lowest BCUT2D eigenvalue weighted by molar-refractivity contribution is -0.0497. The summed E-state index contributed by atoms with van der Waals surface area (Å²) < 4.78 is 6.97. The van der Waals surface area contributed by atoms with Gasteiger partial charge in [0.2, 0.25) is 11.6 Å². The van der Waals surface area contributed by atoms with E-state index in [-0.39, 0.29) is 17.7 Å². The SMILES string of the molecule is CC1CCC(Cn2c(C3(O)CCC3)nc3nc(-c4nc(=O)o[nH]4)nc(N[C@H](C)C4CCC4)c32)CC1. The zero-order valence-electron chi connectivity index (χ0n) is 20.6. The van der Waals surface area contributed by atoms with Crippen molar-refractivity contribution in [3.05, 3.63) is 16.4 Å². The predicted octanol–water partition coefficient (Wildman–Crippen LogP) is 3.97. The quantitative estimate of drug-likeness (QED) is 0.461. The first kappa shape index (κ1) is 22.7. The van der Waals surface area contributed by atoms with Gasteiger partial charge in [0.05, 0.1) is 0 Å². The molecule has 0 aliphatic heterocycles. The lowest BCUT2D eigenvalue weighted by Crippen LogP contribution is -2.37. The number of anilines is 1. The van der Waals surface area contributed by atoms with Gasteiger partial charge in [0.1, 0.15) is 16.9 Å². The molecule has 10 heteroatoms. The number of aromatic nitrogens is 6. The van der Waals surface area contributed by atoms with E-state index < -0.39 is 11.4 Å². The summed E-state index contributed by atoms with van der Waals surface area (Å²) in [6, 6.07) is 0.236. The van der Waals surface area contributed by atoms with E-state index in [1.165, 1.54) is 44.9 Å². The molecule has 3 fully saturated rings. The topological polar surface area (TPSA) is 135 Å². The van der Waals surface area contributed by atoms with Crippen LogP contribution in [0.25, 0.3) is 22.8 Å². The number of aliphatic hydroxyl groups is 1. The van der Waals surface area contributed by atoms with Crippen LogP contribution in [0, 0.1) is 17.8 Å². The Morgan fingerprint density at radius 3 is 2.49 bits per heavy atom. The van der Waals surface area contributed by atoms with Crippen molar-refractivity contribution in [1.29, 1.82) is 0 Å². The molecule has 0 amide bonds. The minimum atomic E-state index is -0.929. The molecule has 3 N–H and O–H groups in total. The Labute approximate surface area is 203 Å². The number of imidazole rings is 1. The number of hydrogen-bond donors (Lipinski definition) is 3. The zero-order chi connectivity index (χ0) is 24.2. The van der Waals surface area contributed by atoms with Gasteiger partial charge in [-0.3, -0.25) is 0 Å². The van der Waals surface area contributed by atoms with Gasteiger partial charge in [-0.15, -0.1) is 4.98 Å². The van der Waals surface area contributed by atoms with Crippen LogP contribution in [-0.2, 0) is 12.1 Å². The minimum Gasteiger partial charge on any atom is -0.382 e. The Bertz CT molecular complexity index is 1260. The van der Waals surface area contributed by atoms with Gasteiger partial charge in [-0.05, 0) is 69.6 Å². The van der Waals surface area contributed by atoms with Crippen molar-refractivity contribution in [2.45, 2.75) is 96.2 Å².